The van der Waals surface area contributed by atoms with Gasteiger partial charge in [0.1, 0.15) is 0 Å². The fraction of sp³-hybridized carbons (Fsp3) is 0.333. The first-order valence-corrected chi connectivity index (χ1v) is 6.80. The predicted octanol–water partition coefficient (Wildman–Crippen LogP) is 1.64. The highest BCUT2D eigenvalue weighted by molar-refractivity contribution is 5.95. The molecule has 6 nitrogen and oxygen atoms in total. The number of amides is 1. The van der Waals surface area contributed by atoms with Crippen molar-refractivity contribution in [3.63, 3.8) is 0 Å². The van der Waals surface area contributed by atoms with Gasteiger partial charge >= 0.3 is 0 Å². The number of benzene rings is 1. The Bertz CT molecular complexity index is 601. The monoisotopic (exact) mass is 324 g/mol. The van der Waals surface area contributed by atoms with E-state index in [0.717, 1.165) is 5.69 Å². The number of rotatable bonds is 6. The lowest BCUT2D eigenvalue weighted by Gasteiger charge is -2.10. The number of carbonyl (C=O) groups is 1. The molecule has 0 aliphatic heterocycles. The second-order valence-electron chi connectivity index (χ2n) is 4.73. The molecule has 0 saturated heterocycles. The van der Waals surface area contributed by atoms with Crippen molar-refractivity contribution >= 4 is 18.3 Å². The molecule has 0 aliphatic rings. The molecule has 120 valence electrons. The zero-order valence-corrected chi connectivity index (χ0v) is 13.7. The first-order chi connectivity index (χ1) is 10.2. The maximum atomic E-state index is 12.2. The number of likely N-dealkylation sites (N-methyl/N-ethyl adjacent to an activating group) is 1. The third-order valence-electron chi connectivity index (χ3n) is 3.20. The number of halogens is 1. The molecule has 1 atom stereocenters. The minimum atomic E-state index is -0.247. The molecular weight excluding hydrogens is 304 g/mol. The van der Waals surface area contributed by atoms with Crippen LogP contribution in [0.25, 0.3) is 5.69 Å². The molecule has 0 spiro atoms. The second kappa shape index (κ2) is 8.41. The Balaban J connectivity index is 0.00000242. The van der Waals surface area contributed by atoms with Crippen molar-refractivity contribution in [2.24, 2.45) is 0 Å². The molecule has 22 heavy (non-hydrogen) atoms. The summed E-state index contributed by atoms with van der Waals surface area (Å²) in [5.74, 6) is 0.206. The highest BCUT2D eigenvalue weighted by Gasteiger charge is 2.18. The fourth-order valence-electron chi connectivity index (χ4n) is 1.81. The number of nitrogens with one attached hydrogen (secondary N) is 2. The van der Waals surface area contributed by atoms with Crippen LogP contribution in [0, 0.1) is 0 Å². The SMILES string of the molecule is CNC(C)CNC(=O)c1nn(-c2ccccc2)cc1OC.Cl. The molecule has 2 aromatic rings. The molecular formula is C15H21ClN4O2. The van der Waals surface area contributed by atoms with E-state index in [9.17, 15) is 4.79 Å². The molecule has 2 rings (SSSR count). The summed E-state index contributed by atoms with van der Waals surface area (Å²) in [5.41, 5.74) is 1.16. The Morgan fingerprint density at radius 3 is 2.64 bits per heavy atom. The highest BCUT2D eigenvalue weighted by atomic mass is 35.5. The van der Waals surface area contributed by atoms with Crippen LogP contribution in [0.2, 0.25) is 0 Å². The van der Waals surface area contributed by atoms with Gasteiger partial charge in [-0.2, -0.15) is 5.10 Å². The van der Waals surface area contributed by atoms with Crippen molar-refractivity contribution in [2.75, 3.05) is 20.7 Å². The third-order valence-corrected chi connectivity index (χ3v) is 3.20. The van der Waals surface area contributed by atoms with Crippen LogP contribution < -0.4 is 15.4 Å². The van der Waals surface area contributed by atoms with Crippen molar-refractivity contribution < 1.29 is 9.53 Å². The molecule has 1 aromatic heterocycles. The van der Waals surface area contributed by atoms with Gasteiger partial charge in [0.25, 0.3) is 5.91 Å². The van der Waals surface area contributed by atoms with Crippen molar-refractivity contribution in [3.05, 3.63) is 42.2 Å². The van der Waals surface area contributed by atoms with E-state index in [0.29, 0.717) is 12.3 Å². The summed E-state index contributed by atoms with van der Waals surface area (Å²) < 4.78 is 6.88. The summed E-state index contributed by atoms with van der Waals surface area (Å²) in [4.78, 5) is 12.2. The Kier molecular flexibility index (Phi) is 6.88. The van der Waals surface area contributed by atoms with Crippen LogP contribution >= 0.6 is 12.4 Å². The normalized spacial score (nSPS) is 11.4. The van der Waals surface area contributed by atoms with Crippen LogP contribution in [0.4, 0.5) is 0 Å². The van der Waals surface area contributed by atoms with Crippen LogP contribution in [-0.4, -0.2) is 42.4 Å². The number of aromatic nitrogens is 2. The van der Waals surface area contributed by atoms with E-state index in [1.165, 1.54) is 7.11 Å². The molecule has 2 N–H and O–H groups in total. The number of hydrogen-bond donors (Lipinski definition) is 2. The average Bonchev–Trinajstić information content (AvgIpc) is 2.97. The smallest absolute Gasteiger partial charge is 0.275 e. The minimum Gasteiger partial charge on any atom is -0.493 e. The van der Waals surface area contributed by atoms with E-state index in [2.05, 4.69) is 15.7 Å². The number of ether oxygens (including phenoxy) is 1. The lowest BCUT2D eigenvalue weighted by atomic mass is 10.3. The molecule has 7 heteroatoms. The average molecular weight is 325 g/mol. The minimum absolute atomic E-state index is 0. The van der Waals surface area contributed by atoms with Gasteiger partial charge in [0.15, 0.2) is 11.4 Å². The van der Waals surface area contributed by atoms with E-state index in [4.69, 9.17) is 4.74 Å². The Hall–Kier alpha value is -2.05. The lowest BCUT2D eigenvalue weighted by molar-refractivity contribution is 0.0942. The van der Waals surface area contributed by atoms with Crippen LogP contribution in [0.3, 0.4) is 0 Å². The molecule has 1 amide bonds. The Morgan fingerprint density at radius 2 is 2.05 bits per heavy atom. The summed E-state index contributed by atoms with van der Waals surface area (Å²) in [7, 11) is 3.38. The quantitative estimate of drug-likeness (QED) is 0.847. The number of hydrogen-bond acceptors (Lipinski definition) is 4. The standard InChI is InChI=1S/C15H20N4O2.ClH/c1-11(16-2)9-17-15(20)14-13(21-3)10-19(18-14)12-7-5-4-6-8-12;/h4-8,10-11,16H,9H2,1-3H3,(H,17,20);1H. The van der Waals surface area contributed by atoms with E-state index >= 15 is 0 Å². The molecule has 0 bridgehead atoms. The van der Waals surface area contributed by atoms with Gasteiger partial charge in [0.2, 0.25) is 0 Å². The molecule has 1 unspecified atom stereocenters. The maximum Gasteiger partial charge on any atom is 0.275 e. The Morgan fingerprint density at radius 1 is 1.36 bits per heavy atom. The number of nitrogens with zero attached hydrogens (tertiary/aromatic N) is 2. The van der Waals surface area contributed by atoms with Gasteiger partial charge in [0, 0.05) is 12.6 Å². The summed E-state index contributed by atoms with van der Waals surface area (Å²) >= 11 is 0. The van der Waals surface area contributed by atoms with Gasteiger partial charge in [-0.15, -0.1) is 12.4 Å². The fourth-order valence-corrected chi connectivity index (χ4v) is 1.81. The number of methoxy groups -OCH3 is 1. The number of para-hydroxylation sites is 1. The largest absolute Gasteiger partial charge is 0.493 e. The third kappa shape index (κ3) is 4.22. The maximum absolute atomic E-state index is 12.2. The second-order valence-corrected chi connectivity index (χ2v) is 4.73. The van der Waals surface area contributed by atoms with Crippen molar-refractivity contribution in [2.45, 2.75) is 13.0 Å². The zero-order chi connectivity index (χ0) is 15.2. The predicted molar refractivity (Wildman–Crippen MR) is 88.2 cm³/mol. The molecule has 0 fully saturated rings. The summed E-state index contributed by atoms with van der Waals surface area (Å²) in [6, 6.07) is 9.78. The topological polar surface area (TPSA) is 68.2 Å². The van der Waals surface area contributed by atoms with E-state index < -0.39 is 0 Å². The van der Waals surface area contributed by atoms with E-state index in [-0.39, 0.29) is 30.0 Å². The first-order valence-electron chi connectivity index (χ1n) is 6.80. The van der Waals surface area contributed by atoms with Gasteiger partial charge in [-0.3, -0.25) is 4.79 Å². The van der Waals surface area contributed by atoms with E-state index in [1.807, 2.05) is 44.3 Å². The summed E-state index contributed by atoms with van der Waals surface area (Å²) in [6.45, 7) is 2.51. The molecule has 0 radical (unpaired) electrons. The first kappa shape index (κ1) is 18.0. The molecule has 1 heterocycles. The summed E-state index contributed by atoms with van der Waals surface area (Å²) in [6.07, 6.45) is 1.70. The van der Waals surface area contributed by atoms with Crippen molar-refractivity contribution in [1.82, 2.24) is 20.4 Å². The summed E-state index contributed by atoms with van der Waals surface area (Å²) in [5, 5.41) is 10.2. The molecule has 0 aliphatic carbocycles. The zero-order valence-electron chi connectivity index (χ0n) is 12.9. The van der Waals surface area contributed by atoms with Gasteiger partial charge in [0.05, 0.1) is 19.0 Å². The van der Waals surface area contributed by atoms with Gasteiger partial charge in [-0.25, -0.2) is 4.68 Å². The van der Waals surface area contributed by atoms with E-state index in [1.54, 1.807) is 10.9 Å². The molecule has 0 saturated carbocycles. The van der Waals surface area contributed by atoms with Crippen LogP contribution in [-0.2, 0) is 0 Å². The molecule has 1 aromatic carbocycles. The van der Waals surface area contributed by atoms with Crippen LogP contribution in [0.15, 0.2) is 36.5 Å². The van der Waals surface area contributed by atoms with Crippen LogP contribution in [0.5, 0.6) is 5.75 Å². The van der Waals surface area contributed by atoms with Gasteiger partial charge < -0.3 is 15.4 Å². The highest BCUT2D eigenvalue weighted by Crippen LogP contribution is 2.19. The van der Waals surface area contributed by atoms with Crippen molar-refractivity contribution in [3.8, 4) is 11.4 Å². The van der Waals surface area contributed by atoms with Crippen molar-refractivity contribution in [1.29, 1.82) is 0 Å². The lowest BCUT2D eigenvalue weighted by Crippen LogP contribution is -2.37. The van der Waals surface area contributed by atoms with Gasteiger partial charge in [-0.05, 0) is 26.1 Å². The number of carbonyl (C=O) groups excluding carboxylic acids is 1. The van der Waals surface area contributed by atoms with Gasteiger partial charge in [-0.1, -0.05) is 18.2 Å². The van der Waals surface area contributed by atoms with Crippen LogP contribution in [0.1, 0.15) is 17.4 Å². The Labute approximate surface area is 136 Å².